The van der Waals surface area contributed by atoms with Crippen molar-refractivity contribution in [1.29, 1.82) is 0 Å². The van der Waals surface area contributed by atoms with Crippen LogP contribution in [0.5, 0.6) is 0 Å². The zero-order valence-corrected chi connectivity index (χ0v) is 13.0. The number of aliphatic hydroxyl groups excluding tert-OH is 1. The van der Waals surface area contributed by atoms with Crippen molar-refractivity contribution in [2.24, 2.45) is 0 Å². The van der Waals surface area contributed by atoms with E-state index in [4.69, 9.17) is 5.11 Å². The van der Waals surface area contributed by atoms with Crippen molar-refractivity contribution in [2.45, 2.75) is 32.5 Å². The van der Waals surface area contributed by atoms with E-state index in [0.29, 0.717) is 6.42 Å². The molecule has 0 atom stereocenters. The van der Waals surface area contributed by atoms with Gasteiger partial charge in [-0.05, 0) is 0 Å². The van der Waals surface area contributed by atoms with Gasteiger partial charge in [0.1, 0.15) is 0 Å². The second kappa shape index (κ2) is 29.3. The third-order valence-electron chi connectivity index (χ3n) is 0.865. The molecule has 1 nitrogen and oxygen atoms in total. The normalized spacial score (nSPS) is 6.50. The van der Waals surface area contributed by atoms with Crippen molar-refractivity contribution >= 4 is 8.80 Å². The summed E-state index contributed by atoms with van der Waals surface area (Å²) >= 11 is 0. The van der Waals surface area contributed by atoms with Gasteiger partial charge in [-0.15, -0.1) is 0 Å². The van der Waals surface area contributed by atoms with E-state index in [9.17, 15) is 0 Å². The van der Waals surface area contributed by atoms with Crippen molar-refractivity contribution in [1.82, 2.24) is 0 Å². The average molecular weight is 308 g/mol. The van der Waals surface area contributed by atoms with E-state index >= 15 is 0 Å². The molecule has 0 aromatic heterocycles. The SMILES string of the molecule is CC[Si](C)C.[CH2-]CCO.[Cl-].[Cl-].[Zr+3]. The summed E-state index contributed by atoms with van der Waals surface area (Å²) in [4.78, 5) is 0. The van der Waals surface area contributed by atoms with Crippen molar-refractivity contribution in [3.63, 3.8) is 0 Å². The van der Waals surface area contributed by atoms with Crippen LogP contribution >= 0.6 is 0 Å². The van der Waals surface area contributed by atoms with E-state index in [1.165, 1.54) is 6.04 Å². The fraction of sp³-hybridized carbons (Fsp3) is 0.857. The van der Waals surface area contributed by atoms with Gasteiger partial charge in [0.15, 0.2) is 0 Å². The van der Waals surface area contributed by atoms with Crippen molar-refractivity contribution in [3.8, 4) is 0 Å². The van der Waals surface area contributed by atoms with E-state index in [-0.39, 0.29) is 66.4 Å². The van der Waals surface area contributed by atoms with Crippen LogP contribution < -0.4 is 24.8 Å². The second-order valence-corrected chi connectivity index (χ2v) is 5.26. The number of aliphatic hydroxyl groups is 1. The van der Waals surface area contributed by atoms with Crippen LogP contribution in [0.3, 0.4) is 0 Å². The van der Waals surface area contributed by atoms with Gasteiger partial charge in [-0.3, -0.25) is 0 Å². The first-order chi connectivity index (χ1) is 4.18. The standard InChI is InChI=1S/C4H11Si.C3H7O.2ClH.Zr/c1-4-5(2)3;1-2-3-4;;;/h4H2,1-3H3;4H,1-3H2;2*1H;/q;-1;;;+3/p-2. The summed E-state index contributed by atoms with van der Waals surface area (Å²) in [5, 5.41) is 7.81. The summed E-state index contributed by atoms with van der Waals surface area (Å²) in [6.07, 6.45) is 0.625. The number of hydrogen-bond acceptors (Lipinski definition) is 1. The average Bonchev–Trinajstić information content (AvgIpc) is 1.89. The molecule has 0 aliphatic rings. The fourth-order valence-electron chi connectivity index (χ4n) is 0. The Labute approximate surface area is 110 Å². The molecule has 74 valence electrons. The Kier molecular flexibility index (Phi) is 71.4. The summed E-state index contributed by atoms with van der Waals surface area (Å²) in [6, 6.07) is 1.41. The fourth-order valence-corrected chi connectivity index (χ4v) is 0. The van der Waals surface area contributed by atoms with Crippen LogP contribution in [-0.2, 0) is 26.2 Å². The van der Waals surface area contributed by atoms with Crippen molar-refractivity contribution in [2.75, 3.05) is 6.61 Å². The van der Waals surface area contributed by atoms with Gasteiger partial charge in [0.25, 0.3) is 0 Å². The maximum atomic E-state index is 7.81. The maximum absolute atomic E-state index is 7.81. The van der Waals surface area contributed by atoms with Crippen LogP contribution in [0.4, 0.5) is 0 Å². The van der Waals surface area contributed by atoms with Crippen LogP contribution in [0.2, 0.25) is 19.1 Å². The van der Waals surface area contributed by atoms with Gasteiger partial charge in [-0.25, -0.2) is 0 Å². The third kappa shape index (κ3) is 61.2. The second-order valence-electron chi connectivity index (χ2n) is 2.14. The topological polar surface area (TPSA) is 20.2 Å². The predicted molar refractivity (Wildman–Crippen MR) is 45.0 cm³/mol. The molecule has 0 bridgehead atoms. The van der Waals surface area contributed by atoms with Gasteiger partial charge in [0, 0.05) is 15.4 Å². The first-order valence-corrected chi connectivity index (χ1v) is 6.08. The molecule has 5 heteroatoms. The molecule has 12 heavy (non-hydrogen) atoms. The molecule has 0 saturated carbocycles. The number of halogens is 2. The molecular formula is C7H18Cl2OSiZr. The molecule has 0 spiro atoms. The van der Waals surface area contributed by atoms with E-state index in [1.54, 1.807) is 0 Å². The van der Waals surface area contributed by atoms with Gasteiger partial charge in [0.05, 0.1) is 0 Å². The molecule has 0 aromatic rings. The van der Waals surface area contributed by atoms with E-state index in [0.717, 1.165) is 0 Å². The van der Waals surface area contributed by atoms with Gasteiger partial charge < -0.3 is 36.8 Å². The zero-order valence-electron chi connectivity index (χ0n) is 8.03. The zero-order chi connectivity index (χ0) is 7.70. The summed E-state index contributed by atoms with van der Waals surface area (Å²) in [5.41, 5.74) is 0. The van der Waals surface area contributed by atoms with E-state index in [2.05, 4.69) is 26.9 Å². The van der Waals surface area contributed by atoms with Gasteiger partial charge in [-0.2, -0.15) is 6.42 Å². The minimum atomic E-state index is 0. The van der Waals surface area contributed by atoms with Crippen LogP contribution in [0.25, 0.3) is 0 Å². The molecule has 1 N–H and O–H groups in total. The molecular weight excluding hydrogens is 290 g/mol. The van der Waals surface area contributed by atoms with E-state index in [1.807, 2.05) is 0 Å². The van der Waals surface area contributed by atoms with Crippen LogP contribution in [0.15, 0.2) is 0 Å². The van der Waals surface area contributed by atoms with Crippen LogP contribution in [-0.4, -0.2) is 20.5 Å². The molecule has 0 rings (SSSR count). The summed E-state index contributed by atoms with van der Waals surface area (Å²) in [7, 11) is 0.126. The van der Waals surface area contributed by atoms with Gasteiger partial charge in [0.2, 0.25) is 0 Å². The number of hydrogen-bond donors (Lipinski definition) is 1. The minimum absolute atomic E-state index is 0. The molecule has 0 aliphatic heterocycles. The largest absolute Gasteiger partial charge is 3.00 e. The Morgan fingerprint density at radius 3 is 1.42 bits per heavy atom. The molecule has 0 fully saturated rings. The van der Waals surface area contributed by atoms with Crippen LogP contribution in [0, 0.1) is 6.92 Å². The molecule has 0 heterocycles. The minimum Gasteiger partial charge on any atom is -1.00 e. The third-order valence-corrected chi connectivity index (χ3v) is 2.28. The van der Waals surface area contributed by atoms with Crippen molar-refractivity contribution in [3.05, 3.63) is 6.92 Å². The first kappa shape index (κ1) is 29.2. The molecule has 0 aromatic carbocycles. The van der Waals surface area contributed by atoms with Crippen LogP contribution in [0.1, 0.15) is 13.3 Å². The maximum Gasteiger partial charge on any atom is 3.00 e. The Balaban J connectivity index is -0.0000000221. The predicted octanol–water partition coefficient (Wildman–Crippen LogP) is -4.03. The molecule has 0 unspecified atom stereocenters. The Morgan fingerprint density at radius 1 is 1.25 bits per heavy atom. The molecule has 0 amide bonds. The summed E-state index contributed by atoms with van der Waals surface area (Å²) in [6.45, 7) is 10.5. The molecule has 0 saturated heterocycles. The van der Waals surface area contributed by atoms with Crippen molar-refractivity contribution < 1.29 is 56.1 Å². The quantitative estimate of drug-likeness (QED) is 0.407. The Hall–Kier alpha value is 1.64. The number of rotatable bonds is 2. The monoisotopic (exact) mass is 306 g/mol. The first-order valence-electron chi connectivity index (χ1n) is 3.38. The van der Waals surface area contributed by atoms with Gasteiger partial charge >= 0.3 is 26.2 Å². The Morgan fingerprint density at radius 2 is 1.42 bits per heavy atom. The van der Waals surface area contributed by atoms with E-state index < -0.39 is 0 Å². The van der Waals surface area contributed by atoms with Gasteiger partial charge in [-0.1, -0.05) is 26.1 Å². The summed E-state index contributed by atoms with van der Waals surface area (Å²) < 4.78 is 0. The Bertz CT molecular complexity index is 48.4. The molecule has 0 aliphatic carbocycles. The smallest absolute Gasteiger partial charge is 1.00 e. The summed E-state index contributed by atoms with van der Waals surface area (Å²) in [5.74, 6) is 0. The molecule has 2 radical (unpaired) electrons.